The second-order valence-electron chi connectivity index (χ2n) is 5.64. The van der Waals surface area contributed by atoms with Crippen molar-refractivity contribution in [2.75, 3.05) is 6.54 Å². The summed E-state index contributed by atoms with van der Waals surface area (Å²) in [7, 11) is 0. The fourth-order valence-corrected chi connectivity index (χ4v) is 2.57. The Morgan fingerprint density at radius 1 is 1.45 bits per heavy atom. The van der Waals surface area contributed by atoms with E-state index in [1.165, 1.54) is 0 Å². The molecule has 1 aliphatic heterocycles. The molecule has 2 aromatic heterocycles. The van der Waals surface area contributed by atoms with Crippen molar-refractivity contribution in [3.8, 4) is 0 Å². The van der Waals surface area contributed by atoms with Gasteiger partial charge in [-0.15, -0.1) is 0 Å². The van der Waals surface area contributed by atoms with E-state index in [4.69, 9.17) is 8.94 Å². The van der Waals surface area contributed by atoms with Crippen LogP contribution in [0.3, 0.4) is 0 Å². The quantitative estimate of drug-likeness (QED) is 0.855. The lowest BCUT2D eigenvalue weighted by molar-refractivity contribution is 0.211. The zero-order valence-corrected chi connectivity index (χ0v) is 12.2. The minimum Gasteiger partial charge on any atom is -0.445 e. The van der Waals surface area contributed by atoms with Crippen molar-refractivity contribution in [3.05, 3.63) is 29.6 Å². The molecule has 3 heterocycles. The minimum atomic E-state index is 0.207. The van der Waals surface area contributed by atoms with Crippen LogP contribution in [-0.4, -0.2) is 26.6 Å². The third-order valence-corrected chi connectivity index (χ3v) is 3.62. The molecule has 6 heteroatoms. The highest BCUT2D eigenvalue weighted by Gasteiger charge is 2.31. The van der Waals surface area contributed by atoms with Crippen molar-refractivity contribution in [2.24, 2.45) is 0 Å². The molecule has 0 radical (unpaired) electrons. The van der Waals surface area contributed by atoms with Gasteiger partial charge in [-0.25, -0.2) is 4.98 Å². The molecular weight excluding hydrogens is 256 g/mol. The fraction of sp³-hybridized carbons (Fsp3) is 0.643. The summed E-state index contributed by atoms with van der Waals surface area (Å²) in [6.07, 6.45) is 3.94. The molecule has 0 bridgehead atoms. The molecule has 0 saturated carbocycles. The van der Waals surface area contributed by atoms with E-state index in [0.29, 0.717) is 12.4 Å². The van der Waals surface area contributed by atoms with Crippen LogP contribution in [0.25, 0.3) is 0 Å². The molecule has 2 aromatic rings. The number of aromatic nitrogens is 3. The molecule has 108 valence electrons. The van der Waals surface area contributed by atoms with Gasteiger partial charge in [0.25, 0.3) is 0 Å². The molecule has 1 saturated heterocycles. The normalized spacial score (nSPS) is 20.1. The van der Waals surface area contributed by atoms with Gasteiger partial charge < -0.3 is 8.94 Å². The molecule has 1 fully saturated rings. The number of rotatable bonds is 4. The molecule has 1 aliphatic rings. The molecule has 0 N–H and O–H groups in total. The Morgan fingerprint density at radius 2 is 2.30 bits per heavy atom. The summed E-state index contributed by atoms with van der Waals surface area (Å²) in [5, 5.41) is 4.14. The van der Waals surface area contributed by atoms with Gasteiger partial charge in [0.1, 0.15) is 5.76 Å². The van der Waals surface area contributed by atoms with Crippen LogP contribution in [0, 0.1) is 6.92 Å². The van der Waals surface area contributed by atoms with Crippen LogP contribution in [0.5, 0.6) is 0 Å². The summed E-state index contributed by atoms with van der Waals surface area (Å²) in [5.74, 6) is 3.35. The highest BCUT2D eigenvalue weighted by atomic mass is 16.5. The summed E-state index contributed by atoms with van der Waals surface area (Å²) < 4.78 is 10.9. The maximum Gasteiger partial charge on any atom is 0.229 e. The highest BCUT2D eigenvalue weighted by Crippen LogP contribution is 2.32. The maximum absolute atomic E-state index is 5.56. The first-order valence-corrected chi connectivity index (χ1v) is 7.12. The average molecular weight is 276 g/mol. The Hall–Kier alpha value is -1.69. The van der Waals surface area contributed by atoms with E-state index in [0.717, 1.165) is 36.9 Å². The topological polar surface area (TPSA) is 68.2 Å². The van der Waals surface area contributed by atoms with Crippen molar-refractivity contribution in [2.45, 2.75) is 52.1 Å². The van der Waals surface area contributed by atoms with Crippen LogP contribution in [0.4, 0.5) is 0 Å². The van der Waals surface area contributed by atoms with Crippen LogP contribution in [0.15, 0.2) is 15.1 Å². The SMILES string of the molecule is Cc1cnc(CN2CCCC2c2noc(C(C)C)n2)o1. The van der Waals surface area contributed by atoms with Gasteiger partial charge in [-0.3, -0.25) is 4.90 Å². The summed E-state index contributed by atoms with van der Waals surface area (Å²) >= 11 is 0. The number of oxazole rings is 1. The smallest absolute Gasteiger partial charge is 0.229 e. The first-order valence-electron chi connectivity index (χ1n) is 7.12. The second kappa shape index (κ2) is 5.36. The van der Waals surface area contributed by atoms with Crippen molar-refractivity contribution < 1.29 is 8.94 Å². The van der Waals surface area contributed by atoms with Gasteiger partial charge in [-0.1, -0.05) is 19.0 Å². The lowest BCUT2D eigenvalue weighted by atomic mass is 10.2. The van der Waals surface area contributed by atoms with E-state index in [1.807, 2.05) is 6.92 Å². The highest BCUT2D eigenvalue weighted by molar-refractivity contribution is 5.01. The van der Waals surface area contributed by atoms with Crippen LogP contribution < -0.4 is 0 Å². The fourth-order valence-electron chi connectivity index (χ4n) is 2.57. The van der Waals surface area contributed by atoms with Gasteiger partial charge >= 0.3 is 0 Å². The molecule has 20 heavy (non-hydrogen) atoms. The molecule has 1 atom stereocenters. The minimum absolute atomic E-state index is 0.207. The zero-order valence-electron chi connectivity index (χ0n) is 12.2. The maximum atomic E-state index is 5.56. The molecule has 6 nitrogen and oxygen atoms in total. The summed E-state index contributed by atoms with van der Waals surface area (Å²) in [4.78, 5) is 11.1. The van der Waals surface area contributed by atoms with Crippen molar-refractivity contribution in [3.63, 3.8) is 0 Å². The van der Waals surface area contributed by atoms with E-state index < -0.39 is 0 Å². The van der Waals surface area contributed by atoms with E-state index in [1.54, 1.807) is 6.20 Å². The van der Waals surface area contributed by atoms with Gasteiger partial charge in [-0.2, -0.15) is 4.98 Å². The van der Waals surface area contributed by atoms with Crippen LogP contribution in [-0.2, 0) is 6.54 Å². The molecule has 1 unspecified atom stereocenters. The van der Waals surface area contributed by atoms with Crippen LogP contribution in [0.1, 0.15) is 62.0 Å². The monoisotopic (exact) mass is 276 g/mol. The van der Waals surface area contributed by atoms with E-state index >= 15 is 0 Å². The van der Waals surface area contributed by atoms with Gasteiger partial charge in [0.15, 0.2) is 5.82 Å². The molecule has 0 amide bonds. The Balaban J connectivity index is 1.74. The Kier molecular flexibility index (Phi) is 3.56. The van der Waals surface area contributed by atoms with E-state index in [2.05, 4.69) is 33.9 Å². The third kappa shape index (κ3) is 2.60. The van der Waals surface area contributed by atoms with Crippen molar-refractivity contribution >= 4 is 0 Å². The van der Waals surface area contributed by atoms with Gasteiger partial charge in [0.2, 0.25) is 11.8 Å². The summed E-state index contributed by atoms with van der Waals surface area (Å²) in [6, 6.07) is 0.207. The number of nitrogens with zero attached hydrogens (tertiary/aromatic N) is 4. The number of aryl methyl sites for hydroxylation is 1. The molecule has 0 spiro atoms. The van der Waals surface area contributed by atoms with E-state index in [-0.39, 0.29) is 12.0 Å². The lowest BCUT2D eigenvalue weighted by Gasteiger charge is -2.19. The molecular formula is C14H20N4O2. The predicted molar refractivity (Wildman–Crippen MR) is 72.0 cm³/mol. The first kappa shape index (κ1) is 13.3. The van der Waals surface area contributed by atoms with Gasteiger partial charge in [0.05, 0.1) is 18.8 Å². The standard InChI is InChI=1S/C14H20N4O2/c1-9(2)14-16-13(17-20-14)11-5-4-6-18(11)8-12-15-7-10(3)19-12/h7,9,11H,4-6,8H2,1-3H3. The summed E-state index contributed by atoms with van der Waals surface area (Å²) in [6.45, 7) is 7.73. The Morgan fingerprint density at radius 3 is 2.95 bits per heavy atom. The predicted octanol–water partition coefficient (Wildman–Crippen LogP) is 2.83. The number of likely N-dealkylation sites (tertiary alicyclic amines) is 1. The van der Waals surface area contributed by atoms with Crippen molar-refractivity contribution in [1.29, 1.82) is 0 Å². The third-order valence-electron chi connectivity index (χ3n) is 3.62. The molecule has 0 aliphatic carbocycles. The van der Waals surface area contributed by atoms with E-state index in [9.17, 15) is 0 Å². The average Bonchev–Trinajstić information content (AvgIpc) is 3.10. The molecule has 3 rings (SSSR count). The van der Waals surface area contributed by atoms with Crippen LogP contribution in [0.2, 0.25) is 0 Å². The second-order valence-corrected chi connectivity index (χ2v) is 5.64. The van der Waals surface area contributed by atoms with Gasteiger partial charge in [0, 0.05) is 5.92 Å². The number of hydrogen-bond acceptors (Lipinski definition) is 6. The largest absolute Gasteiger partial charge is 0.445 e. The van der Waals surface area contributed by atoms with Crippen LogP contribution >= 0.6 is 0 Å². The van der Waals surface area contributed by atoms with Crippen molar-refractivity contribution in [1.82, 2.24) is 20.0 Å². The summed E-state index contributed by atoms with van der Waals surface area (Å²) in [5.41, 5.74) is 0. The van der Waals surface area contributed by atoms with Gasteiger partial charge in [-0.05, 0) is 26.3 Å². The molecule has 0 aromatic carbocycles. The number of hydrogen-bond donors (Lipinski definition) is 0. The lowest BCUT2D eigenvalue weighted by Crippen LogP contribution is -2.23. The Bertz CT molecular complexity index is 575. The first-order chi connectivity index (χ1) is 9.63. The Labute approximate surface area is 118 Å². The zero-order chi connectivity index (χ0) is 14.1.